The molecule has 0 aromatic heterocycles. The predicted molar refractivity (Wildman–Crippen MR) is 69.2 cm³/mol. The first-order chi connectivity index (χ1) is 7.50. The number of rotatable bonds is 3. The smallest absolute Gasteiger partial charge is 0.200 e. The fraction of sp³-hybridized carbons (Fsp3) is 0.333. The van der Waals surface area contributed by atoms with E-state index in [-0.39, 0.29) is 0 Å². The van der Waals surface area contributed by atoms with Gasteiger partial charge in [0.15, 0.2) is 0 Å². The van der Waals surface area contributed by atoms with Gasteiger partial charge in [0.25, 0.3) is 0 Å². The summed E-state index contributed by atoms with van der Waals surface area (Å²) in [5.74, 6) is 0.758. The van der Waals surface area contributed by atoms with Crippen LogP contribution in [0.5, 0.6) is 0 Å². The van der Waals surface area contributed by atoms with Crippen LogP contribution in [0.3, 0.4) is 0 Å². The molecule has 0 spiro atoms. The van der Waals surface area contributed by atoms with Gasteiger partial charge in [0.2, 0.25) is 9.84 Å². The summed E-state index contributed by atoms with van der Waals surface area (Å²) in [6.07, 6.45) is 0. The molecule has 0 fully saturated rings. The van der Waals surface area contributed by atoms with Crippen LogP contribution in [0.25, 0.3) is 5.57 Å². The van der Waals surface area contributed by atoms with Gasteiger partial charge in [0.05, 0.1) is 4.90 Å². The second-order valence-corrected chi connectivity index (χ2v) is 7.37. The van der Waals surface area contributed by atoms with E-state index in [0.29, 0.717) is 10.1 Å². The van der Waals surface area contributed by atoms with Crippen molar-refractivity contribution in [2.75, 3.05) is 5.75 Å². The van der Waals surface area contributed by atoms with Crippen LogP contribution in [0.2, 0.25) is 0 Å². The van der Waals surface area contributed by atoms with Gasteiger partial charge in [-0.15, -0.1) is 0 Å². The summed E-state index contributed by atoms with van der Waals surface area (Å²) in [6.45, 7) is 4.22. The van der Waals surface area contributed by atoms with E-state index in [9.17, 15) is 8.42 Å². The molecule has 0 bridgehead atoms. The molecular weight excluding hydrogens is 240 g/mol. The van der Waals surface area contributed by atoms with Gasteiger partial charge < -0.3 is 0 Å². The van der Waals surface area contributed by atoms with Gasteiger partial charge in [-0.3, -0.25) is 0 Å². The molecule has 0 aliphatic carbocycles. The minimum atomic E-state index is -3.18. The fourth-order valence-corrected chi connectivity index (χ4v) is 4.01. The van der Waals surface area contributed by atoms with Crippen molar-refractivity contribution in [3.63, 3.8) is 0 Å². The van der Waals surface area contributed by atoms with Crippen molar-refractivity contribution in [1.82, 2.24) is 0 Å². The molecule has 0 unspecified atom stereocenters. The zero-order valence-electron chi connectivity index (χ0n) is 9.30. The molecule has 1 aliphatic rings. The summed E-state index contributed by atoms with van der Waals surface area (Å²) in [5, 5.41) is 1.92. The molecule has 1 heterocycles. The third-order valence-electron chi connectivity index (χ3n) is 2.41. The Hall–Kier alpha value is -0.740. The Bertz CT molecular complexity index is 528. The molecule has 0 atom stereocenters. The lowest BCUT2D eigenvalue weighted by Crippen LogP contribution is -1.93. The van der Waals surface area contributed by atoms with Crippen LogP contribution in [0, 0.1) is 0 Å². The highest BCUT2D eigenvalue weighted by Crippen LogP contribution is 2.35. The first kappa shape index (κ1) is 11.7. The van der Waals surface area contributed by atoms with Gasteiger partial charge in [0.1, 0.15) is 0 Å². The maximum Gasteiger partial charge on any atom is 0.200 e. The molecule has 2 rings (SSSR count). The highest BCUT2D eigenvalue weighted by molar-refractivity contribution is 8.00. The quantitative estimate of drug-likeness (QED) is 0.831. The SMILES string of the molecule is CC(C)SCC1=CS(=O)(=O)c2ccccc21. The summed E-state index contributed by atoms with van der Waals surface area (Å²) >= 11 is 1.76. The Morgan fingerprint density at radius 2 is 1.94 bits per heavy atom. The van der Waals surface area contributed by atoms with Gasteiger partial charge in [-0.25, -0.2) is 8.42 Å². The van der Waals surface area contributed by atoms with Gasteiger partial charge in [-0.05, 0) is 22.5 Å². The Kier molecular flexibility index (Phi) is 3.13. The van der Waals surface area contributed by atoms with E-state index in [1.165, 1.54) is 5.41 Å². The lowest BCUT2D eigenvalue weighted by molar-refractivity contribution is 0.605. The van der Waals surface area contributed by atoms with Crippen LogP contribution < -0.4 is 0 Å². The van der Waals surface area contributed by atoms with Crippen molar-refractivity contribution in [2.24, 2.45) is 0 Å². The first-order valence-electron chi connectivity index (χ1n) is 5.17. The molecule has 0 radical (unpaired) electrons. The van der Waals surface area contributed by atoms with Crippen LogP contribution in [-0.4, -0.2) is 19.4 Å². The molecule has 0 saturated carbocycles. The van der Waals surface area contributed by atoms with Crippen molar-refractivity contribution in [2.45, 2.75) is 24.0 Å². The molecule has 4 heteroatoms. The van der Waals surface area contributed by atoms with Crippen molar-refractivity contribution in [1.29, 1.82) is 0 Å². The standard InChI is InChI=1S/C12H14O2S2/c1-9(2)15-7-10-8-16(13,14)12-6-4-3-5-11(10)12/h3-6,8-9H,7H2,1-2H3. The normalized spacial score (nSPS) is 17.3. The second kappa shape index (κ2) is 4.26. The highest BCUT2D eigenvalue weighted by Gasteiger charge is 2.25. The largest absolute Gasteiger partial charge is 0.219 e. The third kappa shape index (κ3) is 2.18. The van der Waals surface area contributed by atoms with Crippen LogP contribution >= 0.6 is 11.8 Å². The zero-order chi connectivity index (χ0) is 11.8. The maximum atomic E-state index is 11.8. The molecule has 1 aliphatic heterocycles. The molecule has 2 nitrogen and oxygen atoms in total. The number of benzene rings is 1. The summed E-state index contributed by atoms with van der Waals surface area (Å²) in [6, 6.07) is 7.21. The fourth-order valence-electron chi connectivity index (χ4n) is 1.66. The minimum Gasteiger partial charge on any atom is -0.219 e. The monoisotopic (exact) mass is 254 g/mol. The second-order valence-electron chi connectivity index (χ2n) is 4.04. The van der Waals surface area contributed by atoms with Crippen molar-refractivity contribution in [3.8, 4) is 0 Å². The predicted octanol–water partition coefficient (Wildman–Crippen LogP) is 2.96. The molecule has 1 aromatic carbocycles. The Morgan fingerprint density at radius 3 is 2.62 bits per heavy atom. The Balaban J connectivity index is 2.36. The van der Waals surface area contributed by atoms with E-state index in [0.717, 1.165) is 16.9 Å². The maximum absolute atomic E-state index is 11.8. The summed E-state index contributed by atoms with van der Waals surface area (Å²) in [7, 11) is -3.18. The lowest BCUT2D eigenvalue weighted by Gasteiger charge is -2.06. The summed E-state index contributed by atoms with van der Waals surface area (Å²) < 4.78 is 23.6. The van der Waals surface area contributed by atoms with Gasteiger partial charge in [-0.2, -0.15) is 11.8 Å². The highest BCUT2D eigenvalue weighted by atomic mass is 32.2. The van der Waals surface area contributed by atoms with Gasteiger partial charge >= 0.3 is 0 Å². The van der Waals surface area contributed by atoms with Crippen LogP contribution in [0.1, 0.15) is 19.4 Å². The molecular formula is C12H14O2S2. The molecule has 16 heavy (non-hydrogen) atoms. The lowest BCUT2D eigenvalue weighted by atomic mass is 10.1. The number of hydrogen-bond acceptors (Lipinski definition) is 3. The minimum absolute atomic E-state index is 0.453. The first-order valence-corrected chi connectivity index (χ1v) is 7.77. The van der Waals surface area contributed by atoms with E-state index in [4.69, 9.17) is 0 Å². The summed E-state index contributed by atoms with van der Waals surface area (Å²) in [5.41, 5.74) is 1.80. The topological polar surface area (TPSA) is 34.1 Å². The number of thioether (sulfide) groups is 1. The number of sulfone groups is 1. The van der Waals surface area contributed by atoms with E-state index < -0.39 is 9.84 Å². The Labute approximate surface area is 101 Å². The zero-order valence-corrected chi connectivity index (χ0v) is 10.9. The molecule has 86 valence electrons. The van der Waals surface area contributed by atoms with E-state index in [1.807, 2.05) is 12.1 Å². The number of hydrogen-bond donors (Lipinski definition) is 0. The van der Waals surface area contributed by atoms with Crippen LogP contribution in [0.4, 0.5) is 0 Å². The van der Waals surface area contributed by atoms with Crippen molar-refractivity contribution < 1.29 is 8.42 Å². The molecule has 0 saturated heterocycles. The van der Waals surface area contributed by atoms with E-state index in [1.54, 1.807) is 23.9 Å². The van der Waals surface area contributed by atoms with Crippen molar-refractivity contribution >= 4 is 27.2 Å². The molecule has 0 amide bonds. The van der Waals surface area contributed by atoms with E-state index >= 15 is 0 Å². The Morgan fingerprint density at radius 1 is 1.25 bits per heavy atom. The molecule has 0 N–H and O–H groups in total. The third-order valence-corrected chi connectivity index (χ3v) is 5.12. The average molecular weight is 254 g/mol. The summed E-state index contributed by atoms with van der Waals surface area (Å²) in [4.78, 5) is 0.453. The van der Waals surface area contributed by atoms with Crippen molar-refractivity contribution in [3.05, 3.63) is 35.2 Å². The van der Waals surface area contributed by atoms with E-state index in [2.05, 4.69) is 13.8 Å². The number of fused-ring (bicyclic) bond motifs is 1. The van der Waals surface area contributed by atoms with Crippen LogP contribution in [-0.2, 0) is 9.84 Å². The van der Waals surface area contributed by atoms with Gasteiger partial charge in [0, 0.05) is 11.2 Å². The average Bonchev–Trinajstić information content (AvgIpc) is 2.49. The van der Waals surface area contributed by atoms with Crippen LogP contribution in [0.15, 0.2) is 34.6 Å². The molecule has 1 aromatic rings. The van der Waals surface area contributed by atoms with Gasteiger partial charge in [-0.1, -0.05) is 32.0 Å².